The van der Waals surface area contributed by atoms with Crippen LogP contribution in [0, 0.1) is 10.1 Å². The molecule has 0 bridgehead atoms. The second kappa shape index (κ2) is 4.21. The van der Waals surface area contributed by atoms with Crippen molar-refractivity contribution < 1.29 is 14.7 Å². The van der Waals surface area contributed by atoms with E-state index in [1.54, 1.807) is 17.7 Å². The van der Waals surface area contributed by atoms with Gasteiger partial charge in [0.1, 0.15) is 0 Å². The van der Waals surface area contributed by atoms with Gasteiger partial charge in [-0.1, -0.05) is 0 Å². The molecular formula is C9H12BN3O4. The maximum absolute atomic E-state index is 10.8. The summed E-state index contributed by atoms with van der Waals surface area (Å²) in [5.41, 5.74) is 1.32. The summed E-state index contributed by atoms with van der Waals surface area (Å²) in [5.74, 6) is -0.167. The highest BCUT2D eigenvalue weighted by molar-refractivity contribution is 6.54. The van der Waals surface area contributed by atoms with Crippen molar-refractivity contribution in [3.8, 4) is 5.75 Å². The summed E-state index contributed by atoms with van der Waals surface area (Å²) in [6.07, 6.45) is 0.588. The van der Waals surface area contributed by atoms with Crippen LogP contribution in [0.2, 0.25) is 6.82 Å². The van der Waals surface area contributed by atoms with E-state index in [2.05, 4.69) is 4.98 Å². The number of rotatable bonds is 3. The van der Waals surface area contributed by atoms with E-state index in [1.807, 2.05) is 0 Å². The van der Waals surface area contributed by atoms with Crippen molar-refractivity contribution in [3.63, 3.8) is 0 Å². The van der Waals surface area contributed by atoms with Gasteiger partial charge in [0.05, 0.1) is 12.8 Å². The average Bonchev–Trinajstić information content (AvgIpc) is 2.69. The van der Waals surface area contributed by atoms with Gasteiger partial charge in [-0.25, -0.2) is 0 Å². The van der Waals surface area contributed by atoms with Crippen LogP contribution in [0.5, 0.6) is 5.75 Å². The first-order valence-electron chi connectivity index (χ1n) is 5.21. The number of nitrogens with zero attached hydrogens (tertiary/aromatic N) is 3. The lowest BCUT2D eigenvalue weighted by molar-refractivity contribution is -0.390. The highest BCUT2D eigenvalue weighted by Gasteiger charge is 2.32. The molecule has 8 heteroatoms. The Balaban J connectivity index is 2.50. The molecule has 0 aliphatic carbocycles. The maximum atomic E-state index is 10.8. The number of anilines is 1. The summed E-state index contributed by atoms with van der Waals surface area (Å²) < 4.78 is 4.95. The molecule has 0 saturated heterocycles. The number of pyridine rings is 1. The standard InChI is InChI=1S/C9H12BN3O4/c1-10(14)12-4-3-6-7(12)5-8(17-2)9(11-6)13(15)16/h5,14H,3-4H2,1-2H3. The lowest BCUT2D eigenvalue weighted by Crippen LogP contribution is -2.35. The molecule has 1 N–H and O–H groups in total. The Hall–Kier alpha value is -1.83. The summed E-state index contributed by atoms with van der Waals surface area (Å²) in [5, 5.41) is 20.4. The van der Waals surface area contributed by atoms with Crippen LogP contribution in [0.3, 0.4) is 0 Å². The molecule has 0 amide bonds. The number of hydrogen-bond donors (Lipinski definition) is 1. The van der Waals surface area contributed by atoms with Crippen molar-refractivity contribution in [2.75, 3.05) is 18.5 Å². The molecule has 7 nitrogen and oxygen atoms in total. The van der Waals surface area contributed by atoms with E-state index < -0.39 is 12.0 Å². The minimum atomic E-state index is -0.649. The van der Waals surface area contributed by atoms with Gasteiger partial charge in [-0.3, -0.25) is 0 Å². The fourth-order valence-electron chi connectivity index (χ4n) is 1.96. The van der Waals surface area contributed by atoms with E-state index in [9.17, 15) is 15.1 Å². The monoisotopic (exact) mass is 237 g/mol. The molecule has 1 aromatic heterocycles. The van der Waals surface area contributed by atoms with Crippen LogP contribution in [0.1, 0.15) is 5.69 Å². The Morgan fingerprint density at radius 3 is 2.94 bits per heavy atom. The molecule has 17 heavy (non-hydrogen) atoms. The normalized spacial score (nSPS) is 13.5. The highest BCUT2D eigenvalue weighted by Crippen LogP contribution is 2.35. The molecule has 0 unspecified atom stereocenters. The van der Waals surface area contributed by atoms with Crippen LogP contribution in [0.15, 0.2) is 6.07 Å². The van der Waals surface area contributed by atoms with E-state index in [-0.39, 0.29) is 11.6 Å². The number of aromatic nitrogens is 1. The quantitative estimate of drug-likeness (QED) is 0.467. The molecule has 0 aromatic carbocycles. The number of methoxy groups -OCH3 is 1. The molecule has 1 aliphatic heterocycles. The first-order chi connectivity index (χ1) is 8.04. The molecular weight excluding hydrogens is 225 g/mol. The predicted octanol–water partition coefficient (Wildman–Crippen LogP) is 0.471. The van der Waals surface area contributed by atoms with Crippen molar-refractivity contribution in [2.45, 2.75) is 13.2 Å². The second-order valence-corrected chi connectivity index (χ2v) is 3.81. The zero-order valence-corrected chi connectivity index (χ0v) is 9.58. The molecule has 2 heterocycles. The van der Waals surface area contributed by atoms with Crippen molar-refractivity contribution in [2.24, 2.45) is 0 Å². The van der Waals surface area contributed by atoms with Gasteiger partial charge in [0.2, 0.25) is 5.75 Å². The molecule has 1 aromatic rings. The third-order valence-corrected chi connectivity index (χ3v) is 2.77. The largest absolute Gasteiger partial charge is 0.489 e. The van der Waals surface area contributed by atoms with E-state index in [1.165, 1.54) is 7.11 Å². The molecule has 0 fully saturated rings. The van der Waals surface area contributed by atoms with E-state index >= 15 is 0 Å². The zero-order chi connectivity index (χ0) is 12.6. The Kier molecular flexibility index (Phi) is 2.89. The summed E-state index contributed by atoms with van der Waals surface area (Å²) >= 11 is 0. The van der Waals surface area contributed by atoms with E-state index in [0.717, 1.165) is 0 Å². The predicted molar refractivity (Wildman–Crippen MR) is 62.3 cm³/mol. The van der Waals surface area contributed by atoms with Crippen molar-refractivity contribution in [3.05, 3.63) is 21.9 Å². The molecule has 0 atom stereocenters. The van der Waals surface area contributed by atoms with E-state index in [0.29, 0.717) is 24.3 Å². The first-order valence-corrected chi connectivity index (χ1v) is 5.21. The van der Waals surface area contributed by atoms with Crippen LogP contribution < -0.4 is 9.55 Å². The van der Waals surface area contributed by atoms with Gasteiger partial charge in [0, 0.05) is 19.0 Å². The molecule has 0 spiro atoms. The third kappa shape index (κ3) is 1.91. The third-order valence-electron chi connectivity index (χ3n) is 2.77. The van der Waals surface area contributed by atoms with Gasteiger partial charge in [-0.2, -0.15) is 0 Å². The second-order valence-electron chi connectivity index (χ2n) is 3.81. The lowest BCUT2D eigenvalue weighted by Gasteiger charge is -2.18. The summed E-state index contributed by atoms with van der Waals surface area (Å²) in [7, 11) is 0.710. The molecule has 2 rings (SSSR count). The average molecular weight is 237 g/mol. The van der Waals surface area contributed by atoms with Gasteiger partial charge in [0.25, 0.3) is 0 Å². The summed E-state index contributed by atoms with van der Waals surface area (Å²) in [4.78, 5) is 15.9. The number of fused-ring (bicyclic) bond motifs is 1. The van der Waals surface area contributed by atoms with Crippen LogP contribution in [-0.2, 0) is 6.42 Å². The van der Waals surface area contributed by atoms with Crippen LogP contribution in [0.4, 0.5) is 11.5 Å². The Morgan fingerprint density at radius 1 is 1.71 bits per heavy atom. The molecule has 90 valence electrons. The number of hydrogen-bond acceptors (Lipinski definition) is 6. The minimum absolute atomic E-state index is 0.112. The summed E-state index contributed by atoms with van der Waals surface area (Å²) in [6, 6.07) is 1.56. The highest BCUT2D eigenvalue weighted by atomic mass is 16.6. The molecule has 1 aliphatic rings. The van der Waals surface area contributed by atoms with Gasteiger partial charge in [0.15, 0.2) is 5.69 Å². The Bertz CT molecular complexity index is 466. The SMILES string of the molecule is COc1cc2c(nc1[N+](=O)[O-])CCN2B(C)O. The fourth-order valence-corrected chi connectivity index (χ4v) is 1.96. The lowest BCUT2D eigenvalue weighted by atomic mass is 9.85. The van der Waals surface area contributed by atoms with Crippen molar-refractivity contribution in [1.82, 2.24) is 4.98 Å². The van der Waals surface area contributed by atoms with Crippen molar-refractivity contribution >= 4 is 18.6 Å². The Morgan fingerprint density at radius 2 is 2.41 bits per heavy atom. The zero-order valence-electron chi connectivity index (χ0n) is 9.58. The topological polar surface area (TPSA) is 88.7 Å². The smallest absolute Gasteiger partial charge is 0.409 e. The molecule has 0 radical (unpaired) electrons. The van der Waals surface area contributed by atoms with Gasteiger partial charge in [-0.05, 0) is 16.7 Å². The van der Waals surface area contributed by atoms with Crippen LogP contribution in [-0.4, -0.2) is 35.6 Å². The Labute approximate surface area is 98.3 Å². The maximum Gasteiger partial charge on any atom is 0.409 e. The minimum Gasteiger partial charge on any atom is -0.489 e. The van der Waals surface area contributed by atoms with E-state index in [4.69, 9.17) is 4.74 Å². The van der Waals surface area contributed by atoms with Crippen molar-refractivity contribution in [1.29, 1.82) is 0 Å². The van der Waals surface area contributed by atoms with Crippen LogP contribution in [0.25, 0.3) is 0 Å². The number of ether oxygens (including phenoxy) is 1. The van der Waals surface area contributed by atoms with Crippen LogP contribution >= 0.6 is 0 Å². The first kappa shape index (κ1) is 11.7. The summed E-state index contributed by atoms with van der Waals surface area (Å²) in [6.45, 7) is 2.24. The van der Waals surface area contributed by atoms with Gasteiger partial charge < -0.3 is 24.7 Å². The van der Waals surface area contributed by atoms with Gasteiger partial charge >= 0.3 is 12.9 Å². The van der Waals surface area contributed by atoms with Gasteiger partial charge in [-0.15, -0.1) is 0 Å². The number of nitro groups is 1. The molecule has 0 saturated carbocycles. The fraction of sp³-hybridized carbons (Fsp3) is 0.444.